The number of carbonyl (C=O) groups excluding carboxylic acids is 1. The van der Waals surface area contributed by atoms with Crippen molar-refractivity contribution in [3.05, 3.63) is 30.1 Å². The Morgan fingerprint density at radius 3 is 2.57 bits per heavy atom. The van der Waals surface area contributed by atoms with Crippen LogP contribution in [0.5, 0.6) is 0 Å². The molecular weight excluding hydrogens is 262 g/mol. The summed E-state index contributed by atoms with van der Waals surface area (Å²) in [6.07, 6.45) is 11.9. The molecular formula is C17H25N3O. The van der Waals surface area contributed by atoms with E-state index in [-0.39, 0.29) is 0 Å². The molecule has 1 saturated carbocycles. The van der Waals surface area contributed by atoms with Crippen LogP contribution in [-0.2, 0) is 11.3 Å². The van der Waals surface area contributed by atoms with Crippen LogP contribution in [0.3, 0.4) is 0 Å². The molecule has 3 rings (SSSR count). The van der Waals surface area contributed by atoms with Gasteiger partial charge in [-0.1, -0.05) is 25.7 Å². The third-order valence-electron chi connectivity index (χ3n) is 4.77. The maximum Gasteiger partial charge on any atom is 0.224 e. The molecule has 0 radical (unpaired) electrons. The number of nitrogens with one attached hydrogen (secondary N) is 1. The molecule has 2 fully saturated rings. The van der Waals surface area contributed by atoms with Crippen LogP contribution in [0.1, 0.15) is 50.5 Å². The summed E-state index contributed by atoms with van der Waals surface area (Å²) >= 11 is 0. The van der Waals surface area contributed by atoms with Crippen molar-refractivity contribution in [1.29, 1.82) is 0 Å². The highest BCUT2D eigenvalue weighted by molar-refractivity contribution is 5.79. The number of carbonyl (C=O) groups is 1. The third kappa shape index (κ3) is 3.82. The van der Waals surface area contributed by atoms with Crippen LogP contribution in [0.25, 0.3) is 0 Å². The minimum atomic E-state index is 0.300. The van der Waals surface area contributed by atoms with E-state index in [1.807, 2.05) is 24.5 Å². The first-order valence-corrected chi connectivity index (χ1v) is 8.24. The van der Waals surface area contributed by atoms with Gasteiger partial charge >= 0.3 is 0 Å². The summed E-state index contributed by atoms with van der Waals surface area (Å²) < 4.78 is 0. The van der Waals surface area contributed by atoms with E-state index < -0.39 is 0 Å². The normalized spacial score (nSPS) is 24.3. The monoisotopic (exact) mass is 287 g/mol. The highest BCUT2D eigenvalue weighted by atomic mass is 16.2. The standard InChI is InChI=1S/C17H25N3O/c21-17-11-15(19-12-14-7-9-18-10-8-14)13-20(17)16-5-3-1-2-4-6-16/h7-10,15-16,19H,1-6,11-13H2/t15-/m1/s1. The van der Waals surface area contributed by atoms with Gasteiger partial charge in [0.1, 0.15) is 0 Å². The Bertz CT molecular complexity index is 454. The fraction of sp³-hybridized carbons (Fsp3) is 0.647. The van der Waals surface area contributed by atoms with Gasteiger partial charge < -0.3 is 10.2 Å². The molecule has 4 nitrogen and oxygen atoms in total. The molecule has 0 unspecified atom stereocenters. The number of nitrogens with zero attached hydrogens (tertiary/aromatic N) is 2. The van der Waals surface area contributed by atoms with Crippen molar-refractivity contribution in [1.82, 2.24) is 15.2 Å². The summed E-state index contributed by atoms with van der Waals surface area (Å²) in [6.45, 7) is 1.70. The van der Waals surface area contributed by atoms with Crippen molar-refractivity contribution >= 4 is 5.91 Å². The smallest absolute Gasteiger partial charge is 0.224 e. The molecule has 0 bridgehead atoms. The minimum Gasteiger partial charge on any atom is -0.338 e. The lowest BCUT2D eigenvalue weighted by Gasteiger charge is -2.27. The maximum absolute atomic E-state index is 12.3. The zero-order chi connectivity index (χ0) is 14.5. The lowest BCUT2D eigenvalue weighted by Crippen LogP contribution is -2.38. The van der Waals surface area contributed by atoms with Crippen LogP contribution in [-0.4, -0.2) is 34.4 Å². The Morgan fingerprint density at radius 1 is 1.14 bits per heavy atom. The Kier molecular flexibility index (Phi) is 4.86. The van der Waals surface area contributed by atoms with Gasteiger partial charge in [0.05, 0.1) is 0 Å². The number of aromatic nitrogens is 1. The molecule has 2 heterocycles. The van der Waals surface area contributed by atoms with Gasteiger partial charge in [-0.15, -0.1) is 0 Å². The van der Waals surface area contributed by atoms with Crippen molar-refractivity contribution in [3.8, 4) is 0 Å². The molecule has 1 aromatic rings. The summed E-state index contributed by atoms with van der Waals surface area (Å²) in [5.74, 6) is 0.342. The van der Waals surface area contributed by atoms with Gasteiger partial charge in [-0.3, -0.25) is 9.78 Å². The zero-order valence-corrected chi connectivity index (χ0v) is 12.6. The average molecular weight is 287 g/mol. The first-order chi connectivity index (χ1) is 10.3. The Balaban J connectivity index is 1.52. The van der Waals surface area contributed by atoms with Crippen LogP contribution < -0.4 is 5.32 Å². The molecule has 0 spiro atoms. The second-order valence-corrected chi connectivity index (χ2v) is 6.33. The van der Waals surface area contributed by atoms with Gasteiger partial charge in [0, 0.05) is 44.0 Å². The van der Waals surface area contributed by atoms with Crippen LogP contribution in [0.4, 0.5) is 0 Å². The largest absolute Gasteiger partial charge is 0.338 e. The fourth-order valence-corrected chi connectivity index (χ4v) is 3.55. The molecule has 1 aliphatic heterocycles. The molecule has 0 aromatic carbocycles. The fourth-order valence-electron chi connectivity index (χ4n) is 3.55. The van der Waals surface area contributed by atoms with Crippen molar-refractivity contribution < 1.29 is 4.79 Å². The number of rotatable bonds is 4. The zero-order valence-electron chi connectivity index (χ0n) is 12.6. The predicted molar refractivity (Wildman–Crippen MR) is 82.7 cm³/mol. The summed E-state index contributed by atoms with van der Waals surface area (Å²) in [5, 5.41) is 3.52. The summed E-state index contributed by atoms with van der Waals surface area (Å²) in [6, 6.07) is 4.83. The molecule has 114 valence electrons. The first kappa shape index (κ1) is 14.5. The van der Waals surface area contributed by atoms with Gasteiger partial charge in [-0.25, -0.2) is 0 Å². The average Bonchev–Trinajstić information content (AvgIpc) is 2.73. The van der Waals surface area contributed by atoms with Crippen molar-refractivity contribution in [2.24, 2.45) is 0 Å². The molecule has 1 aromatic heterocycles. The summed E-state index contributed by atoms with van der Waals surface area (Å²) in [5.41, 5.74) is 1.23. The first-order valence-electron chi connectivity index (χ1n) is 8.24. The summed E-state index contributed by atoms with van der Waals surface area (Å²) in [7, 11) is 0. The molecule has 1 aliphatic carbocycles. The van der Waals surface area contributed by atoms with Gasteiger partial charge in [0.15, 0.2) is 0 Å². The van der Waals surface area contributed by atoms with Gasteiger partial charge in [0.2, 0.25) is 5.91 Å². The highest BCUT2D eigenvalue weighted by Gasteiger charge is 2.33. The third-order valence-corrected chi connectivity index (χ3v) is 4.77. The van der Waals surface area contributed by atoms with Crippen molar-refractivity contribution in [2.75, 3.05) is 6.54 Å². The van der Waals surface area contributed by atoms with E-state index in [2.05, 4.69) is 15.2 Å². The van der Waals surface area contributed by atoms with Crippen LogP contribution in [0.2, 0.25) is 0 Å². The number of pyridine rings is 1. The number of amides is 1. The Labute approximate surface area is 126 Å². The van der Waals surface area contributed by atoms with Gasteiger partial charge in [-0.05, 0) is 30.5 Å². The van der Waals surface area contributed by atoms with E-state index in [1.165, 1.54) is 44.1 Å². The van der Waals surface area contributed by atoms with Crippen LogP contribution in [0, 0.1) is 0 Å². The molecule has 2 aliphatic rings. The van der Waals surface area contributed by atoms with Crippen LogP contribution in [0.15, 0.2) is 24.5 Å². The number of hydrogen-bond donors (Lipinski definition) is 1. The topological polar surface area (TPSA) is 45.2 Å². The predicted octanol–water partition coefficient (Wildman–Crippen LogP) is 2.49. The Morgan fingerprint density at radius 2 is 1.86 bits per heavy atom. The van der Waals surface area contributed by atoms with E-state index in [1.54, 1.807) is 0 Å². The second kappa shape index (κ2) is 7.03. The van der Waals surface area contributed by atoms with Crippen LogP contribution >= 0.6 is 0 Å². The molecule has 4 heteroatoms. The minimum absolute atomic E-state index is 0.300. The van der Waals surface area contributed by atoms with E-state index in [0.717, 1.165) is 13.1 Å². The van der Waals surface area contributed by atoms with Crippen molar-refractivity contribution in [3.63, 3.8) is 0 Å². The quantitative estimate of drug-likeness (QED) is 0.865. The lowest BCUT2D eigenvalue weighted by molar-refractivity contribution is -0.129. The SMILES string of the molecule is O=C1C[C@@H](NCc2ccncc2)CN1C1CCCCCC1. The molecule has 1 amide bonds. The van der Waals surface area contributed by atoms with E-state index in [0.29, 0.717) is 24.4 Å². The molecule has 21 heavy (non-hydrogen) atoms. The molecule has 1 saturated heterocycles. The molecule has 1 atom stereocenters. The van der Waals surface area contributed by atoms with E-state index in [9.17, 15) is 4.79 Å². The Hall–Kier alpha value is -1.42. The number of hydrogen-bond acceptors (Lipinski definition) is 3. The maximum atomic E-state index is 12.3. The number of likely N-dealkylation sites (tertiary alicyclic amines) is 1. The second-order valence-electron chi connectivity index (χ2n) is 6.33. The molecule has 1 N–H and O–H groups in total. The van der Waals surface area contributed by atoms with E-state index in [4.69, 9.17) is 0 Å². The van der Waals surface area contributed by atoms with Crippen molar-refractivity contribution in [2.45, 2.75) is 63.6 Å². The highest BCUT2D eigenvalue weighted by Crippen LogP contribution is 2.25. The van der Waals surface area contributed by atoms with E-state index >= 15 is 0 Å². The summed E-state index contributed by atoms with van der Waals surface area (Å²) in [4.78, 5) is 18.5. The van der Waals surface area contributed by atoms with Gasteiger partial charge in [0.25, 0.3) is 0 Å². The van der Waals surface area contributed by atoms with Gasteiger partial charge in [-0.2, -0.15) is 0 Å². The lowest BCUT2D eigenvalue weighted by atomic mass is 10.1.